The summed E-state index contributed by atoms with van der Waals surface area (Å²) in [7, 11) is -2.82. The number of rotatable bonds is 11. The number of nitrogens with one attached hydrogen (secondary N) is 1. The van der Waals surface area contributed by atoms with Crippen molar-refractivity contribution in [1.82, 2.24) is 10.2 Å². The van der Waals surface area contributed by atoms with Crippen LogP contribution in [0.25, 0.3) is 0 Å². The molecule has 0 aliphatic carbocycles. The Balaban J connectivity index is 2.02. The fourth-order valence-corrected chi connectivity index (χ4v) is 5.39. The summed E-state index contributed by atoms with van der Waals surface area (Å²) in [6.45, 7) is 3.31. The van der Waals surface area contributed by atoms with Crippen LogP contribution in [0.5, 0.6) is 5.75 Å². The van der Waals surface area contributed by atoms with Crippen molar-refractivity contribution < 1.29 is 27.1 Å². The highest BCUT2D eigenvalue weighted by molar-refractivity contribution is 9.10. The number of likely N-dealkylation sites (N-methyl/N-ethyl adjacent to an activating group) is 1. The smallest absolute Gasteiger partial charge is 0.264 e. The molecule has 8 nitrogen and oxygen atoms in total. The number of hydrogen-bond acceptors (Lipinski definition) is 5. The summed E-state index contributed by atoms with van der Waals surface area (Å²) in [5.74, 6) is -1.05. The van der Waals surface area contributed by atoms with Crippen LogP contribution in [-0.2, 0) is 26.2 Å². The Hall–Kier alpha value is -3.44. The van der Waals surface area contributed by atoms with Crippen LogP contribution in [0.3, 0.4) is 0 Å². The summed E-state index contributed by atoms with van der Waals surface area (Å²) >= 11 is 3.38. The zero-order chi connectivity index (χ0) is 27.9. The molecule has 0 unspecified atom stereocenters. The monoisotopic (exact) mass is 605 g/mol. The van der Waals surface area contributed by atoms with Gasteiger partial charge in [0.15, 0.2) is 0 Å². The van der Waals surface area contributed by atoms with E-state index in [1.165, 1.54) is 24.1 Å². The van der Waals surface area contributed by atoms with Crippen molar-refractivity contribution in [3.8, 4) is 5.75 Å². The summed E-state index contributed by atoms with van der Waals surface area (Å²) in [6.07, 6.45) is 0. The lowest BCUT2D eigenvalue weighted by atomic mass is 10.1. The number of sulfonamides is 1. The number of halogens is 2. The van der Waals surface area contributed by atoms with Crippen molar-refractivity contribution in [2.24, 2.45) is 0 Å². The standard InChI is InChI=1S/C27H29BrFN3O5S/c1-4-37-24-13-11-23(12-14-24)32(38(35,36)25-15-9-22(29)10-16-25)18-26(33)31(19(2)27(34)30-3)17-20-5-7-21(28)8-6-20/h5-16,19H,4,17-18H2,1-3H3,(H,30,34)/t19-/m1/s1. The quantitative estimate of drug-likeness (QED) is 0.351. The van der Waals surface area contributed by atoms with Gasteiger partial charge in [0.05, 0.1) is 17.2 Å². The molecule has 1 atom stereocenters. The van der Waals surface area contributed by atoms with E-state index in [9.17, 15) is 22.4 Å². The van der Waals surface area contributed by atoms with Gasteiger partial charge in [-0.3, -0.25) is 13.9 Å². The SMILES string of the molecule is CCOc1ccc(N(CC(=O)N(Cc2ccc(Br)cc2)[C@H](C)C(=O)NC)S(=O)(=O)c2ccc(F)cc2)cc1. The number of anilines is 1. The average Bonchev–Trinajstić information content (AvgIpc) is 2.91. The Morgan fingerprint density at radius 1 is 1.00 bits per heavy atom. The van der Waals surface area contributed by atoms with Crippen LogP contribution in [0.4, 0.5) is 10.1 Å². The molecule has 202 valence electrons. The number of benzene rings is 3. The third kappa shape index (κ3) is 7.11. The summed E-state index contributed by atoms with van der Waals surface area (Å²) in [5, 5.41) is 2.54. The van der Waals surface area contributed by atoms with E-state index in [2.05, 4.69) is 21.2 Å². The second-order valence-electron chi connectivity index (χ2n) is 8.33. The van der Waals surface area contributed by atoms with Crippen LogP contribution in [-0.4, -0.2) is 51.4 Å². The molecule has 0 aromatic heterocycles. The highest BCUT2D eigenvalue weighted by Gasteiger charge is 2.32. The Labute approximate surface area is 230 Å². The van der Waals surface area contributed by atoms with Gasteiger partial charge < -0.3 is 15.0 Å². The molecule has 0 heterocycles. The average molecular weight is 607 g/mol. The minimum Gasteiger partial charge on any atom is -0.494 e. The lowest BCUT2D eigenvalue weighted by molar-refractivity contribution is -0.139. The first-order valence-corrected chi connectivity index (χ1v) is 14.1. The van der Waals surface area contributed by atoms with Crippen molar-refractivity contribution >= 4 is 43.5 Å². The number of carbonyl (C=O) groups excluding carboxylic acids is 2. The molecule has 0 spiro atoms. The highest BCUT2D eigenvalue weighted by Crippen LogP contribution is 2.27. The van der Waals surface area contributed by atoms with Gasteiger partial charge in [-0.15, -0.1) is 0 Å². The Morgan fingerprint density at radius 2 is 1.61 bits per heavy atom. The largest absolute Gasteiger partial charge is 0.494 e. The Bertz CT molecular complexity index is 1350. The molecule has 0 bridgehead atoms. The van der Waals surface area contributed by atoms with Gasteiger partial charge in [0.25, 0.3) is 10.0 Å². The summed E-state index contributed by atoms with van der Waals surface area (Å²) < 4.78 is 48.2. The van der Waals surface area contributed by atoms with Gasteiger partial charge in [0.1, 0.15) is 24.2 Å². The van der Waals surface area contributed by atoms with E-state index in [1.807, 2.05) is 19.1 Å². The van der Waals surface area contributed by atoms with Crippen LogP contribution in [0, 0.1) is 5.82 Å². The van der Waals surface area contributed by atoms with Crippen LogP contribution in [0.2, 0.25) is 0 Å². The van der Waals surface area contributed by atoms with Crippen molar-refractivity contribution in [1.29, 1.82) is 0 Å². The van der Waals surface area contributed by atoms with Crippen molar-refractivity contribution in [3.05, 3.63) is 88.6 Å². The highest BCUT2D eigenvalue weighted by atomic mass is 79.9. The zero-order valence-electron chi connectivity index (χ0n) is 21.2. The third-order valence-corrected chi connectivity index (χ3v) is 8.11. The fourth-order valence-electron chi connectivity index (χ4n) is 3.72. The molecule has 1 N–H and O–H groups in total. The Kier molecular flexibility index (Phi) is 9.87. The predicted octanol–water partition coefficient (Wildman–Crippen LogP) is 4.35. The maximum atomic E-state index is 13.7. The summed E-state index contributed by atoms with van der Waals surface area (Å²) in [5.41, 5.74) is 0.966. The van der Waals surface area contributed by atoms with Gasteiger partial charge in [-0.1, -0.05) is 28.1 Å². The molecule has 11 heteroatoms. The fraction of sp³-hybridized carbons (Fsp3) is 0.259. The second-order valence-corrected chi connectivity index (χ2v) is 11.1. The van der Waals surface area contributed by atoms with Gasteiger partial charge in [-0.05, 0) is 80.1 Å². The third-order valence-electron chi connectivity index (χ3n) is 5.80. The zero-order valence-corrected chi connectivity index (χ0v) is 23.6. The molecule has 0 radical (unpaired) electrons. The summed E-state index contributed by atoms with van der Waals surface area (Å²) in [6, 6.07) is 17.0. The van der Waals surface area contributed by atoms with E-state index >= 15 is 0 Å². The number of amides is 2. The van der Waals surface area contributed by atoms with E-state index in [-0.39, 0.29) is 17.1 Å². The van der Waals surface area contributed by atoms with Crippen LogP contribution >= 0.6 is 15.9 Å². The van der Waals surface area contributed by atoms with Gasteiger partial charge in [-0.2, -0.15) is 0 Å². The normalized spacial score (nSPS) is 11.9. The number of hydrogen-bond donors (Lipinski definition) is 1. The van der Waals surface area contributed by atoms with Crippen LogP contribution in [0.15, 0.2) is 82.2 Å². The molecule has 2 amide bonds. The van der Waals surface area contributed by atoms with E-state index in [1.54, 1.807) is 31.2 Å². The minimum absolute atomic E-state index is 0.0778. The second kappa shape index (κ2) is 12.9. The molecule has 0 fully saturated rings. The lowest BCUT2D eigenvalue weighted by Crippen LogP contribution is -2.50. The molecule has 3 aromatic carbocycles. The van der Waals surface area contributed by atoms with E-state index in [4.69, 9.17) is 4.74 Å². The molecule has 0 saturated heterocycles. The van der Waals surface area contributed by atoms with Gasteiger partial charge >= 0.3 is 0 Å². The summed E-state index contributed by atoms with van der Waals surface area (Å²) in [4.78, 5) is 27.4. The first-order chi connectivity index (χ1) is 18.1. The van der Waals surface area contributed by atoms with E-state index in [0.29, 0.717) is 12.4 Å². The van der Waals surface area contributed by atoms with Crippen molar-refractivity contribution in [2.45, 2.75) is 31.3 Å². The lowest BCUT2D eigenvalue weighted by Gasteiger charge is -2.31. The number of ether oxygens (including phenoxy) is 1. The molecule has 0 aliphatic heterocycles. The Morgan fingerprint density at radius 3 is 2.16 bits per heavy atom. The predicted molar refractivity (Wildman–Crippen MR) is 147 cm³/mol. The van der Waals surface area contributed by atoms with Crippen LogP contribution in [0.1, 0.15) is 19.4 Å². The van der Waals surface area contributed by atoms with Gasteiger partial charge in [0, 0.05) is 18.1 Å². The number of nitrogens with zero attached hydrogens (tertiary/aromatic N) is 2. The maximum Gasteiger partial charge on any atom is 0.264 e. The molecular formula is C27H29BrFN3O5S. The van der Waals surface area contributed by atoms with Gasteiger partial charge in [0.2, 0.25) is 11.8 Å². The first-order valence-electron chi connectivity index (χ1n) is 11.8. The maximum absolute atomic E-state index is 13.7. The number of carbonyl (C=O) groups is 2. The van der Waals surface area contributed by atoms with E-state index in [0.717, 1.165) is 38.6 Å². The molecule has 3 rings (SSSR count). The molecule has 0 saturated carbocycles. The van der Waals surface area contributed by atoms with E-state index < -0.39 is 40.2 Å². The molecule has 38 heavy (non-hydrogen) atoms. The van der Waals surface area contributed by atoms with Crippen molar-refractivity contribution in [2.75, 3.05) is 24.5 Å². The first kappa shape index (κ1) is 29.1. The van der Waals surface area contributed by atoms with Crippen LogP contribution < -0.4 is 14.4 Å². The molecule has 3 aromatic rings. The minimum atomic E-state index is -4.28. The molecular weight excluding hydrogens is 577 g/mol. The van der Waals surface area contributed by atoms with Gasteiger partial charge in [-0.25, -0.2) is 12.8 Å². The topological polar surface area (TPSA) is 96.0 Å². The molecule has 0 aliphatic rings. The van der Waals surface area contributed by atoms with Crippen molar-refractivity contribution in [3.63, 3.8) is 0 Å².